The van der Waals surface area contributed by atoms with Crippen LogP contribution in [0.1, 0.15) is 59.3 Å². The van der Waals surface area contributed by atoms with Crippen molar-refractivity contribution in [3.63, 3.8) is 0 Å². The van der Waals surface area contributed by atoms with E-state index < -0.39 is 9.84 Å². The van der Waals surface area contributed by atoms with Crippen LogP contribution in [0.25, 0.3) is 0 Å². The van der Waals surface area contributed by atoms with Crippen molar-refractivity contribution in [3.8, 4) is 0 Å². The van der Waals surface area contributed by atoms with Gasteiger partial charge in [0.1, 0.15) is 0 Å². The minimum Gasteiger partial charge on any atom is -0.335 e. The summed E-state index contributed by atoms with van der Waals surface area (Å²) >= 11 is 0. The molecule has 2 amide bonds. The second-order valence-electron chi connectivity index (χ2n) is 6.55. The van der Waals surface area contributed by atoms with Crippen LogP contribution in [0.2, 0.25) is 0 Å². The van der Waals surface area contributed by atoms with Gasteiger partial charge in [-0.25, -0.2) is 13.2 Å². The van der Waals surface area contributed by atoms with Crippen molar-refractivity contribution in [1.82, 2.24) is 10.2 Å². The number of sulfone groups is 1. The molecule has 0 aromatic rings. The molecule has 130 valence electrons. The number of hydrogen-bond donors (Lipinski definition) is 1. The molecular weight excluding hydrogens is 300 g/mol. The Morgan fingerprint density at radius 3 is 2.50 bits per heavy atom. The average molecular weight is 333 g/mol. The first-order valence-corrected chi connectivity index (χ1v) is 10.4. The molecule has 5 nitrogen and oxygen atoms in total. The summed E-state index contributed by atoms with van der Waals surface area (Å²) in [5.74, 6) is 0.704. The Kier molecular flexibility index (Phi) is 7.66. The normalized spacial score (nSPS) is 23.8. The number of hydrogen-bond acceptors (Lipinski definition) is 3. The molecule has 1 saturated carbocycles. The van der Waals surface area contributed by atoms with Gasteiger partial charge in [-0.3, -0.25) is 0 Å². The van der Waals surface area contributed by atoms with Crippen molar-refractivity contribution in [1.29, 1.82) is 0 Å². The zero-order valence-electron chi connectivity index (χ0n) is 14.5. The third-order valence-corrected chi connectivity index (χ3v) is 6.66. The summed E-state index contributed by atoms with van der Waals surface area (Å²) in [4.78, 5) is 13.9. The predicted molar refractivity (Wildman–Crippen MR) is 90.7 cm³/mol. The minimum atomic E-state index is -3.07. The van der Waals surface area contributed by atoms with Crippen molar-refractivity contribution in [3.05, 3.63) is 0 Å². The molecule has 1 rings (SSSR count). The van der Waals surface area contributed by atoms with E-state index in [9.17, 15) is 13.2 Å². The molecule has 0 saturated heterocycles. The number of nitrogens with zero attached hydrogens (tertiary/aromatic N) is 1. The minimum absolute atomic E-state index is 0.0243. The monoisotopic (exact) mass is 332 g/mol. The highest BCUT2D eigenvalue weighted by molar-refractivity contribution is 7.91. The molecule has 0 aromatic heterocycles. The maximum atomic E-state index is 12.4. The van der Waals surface area contributed by atoms with E-state index in [4.69, 9.17) is 0 Å². The second-order valence-corrected chi connectivity index (χ2v) is 8.95. The Morgan fingerprint density at radius 1 is 1.27 bits per heavy atom. The standard InChI is InChI=1S/C16H32N2O3S/c1-5-9-14-10-7-8-11-15(14)17-16(19)18(4)13(3)12-22(20,21)6-2/h13-15H,5-12H2,1-4H3,(H,17,19)/t13-,14-,15+/m1/s1. The number of amides is 2. The first kappa shape index (κ1) is 19.3. The smallest absolute Gasteiger partial charge is 0.317 e. The van der Waals surface area contributed by atoms with E-state index in [1.54, 1.807) is 20.9 Å². The van der Waals surface area contributed by atoms with Gasteiger partial charge in [-0.15, -0.1) is 0 Å². The molecule has 0 bridgehead atoms. The molecule has 1 fully saturated rings. The van der Waals surface area contributed by atoms with E-state index in [0.29, 0.717) is 5.92 Å². The molecular formula is C16H32N2O3S. The molecule has 0 spiro atoms. The van der Waals surface area contributed by atoms with Crippen LogP contribution in [0.15, 0.2) is 0 Å². The van der Waals surface area contributed by atoms with Gasteiger partial charge in [0.25, 0.3) is 0 Å². The zero-order chi connectivity index (χ0) is 16.8. The first-order chi connectivity index (χ1) is 10.3. The summed E-state index contributed by atoms with van der Waals surface area (Å²) in [5, 5.41) is 3.13. The van der Waals surface area contributed by atoms with Crippen LogP contribution in [-0.2, 0) is 9.84 Å². The van der Waals surface area contributed by atoms with E-state index in [2.05, 4.69) is 12.2 Å². The molecule has 3 atom stereocenters. The van der Waals surface area contributed by atoms with Crippen LogP contribution < -0.4 is 5.32 Å². The summed E-state index contributed by atoms with van der Waals surface area (Å²) in [5.41, 5.74) is 0. The number of carbonyl (C=O) groups is 1. The van der Waals surface area contributed by atoms with Crippen molar-refractivity contribution in [2.75, 3.05) is 18.6 Å². The van der Waals surface area contributed by atoms with Crippen LogP contribution in [0.3, 0.4) is 0 Å². The Balaban J connectivity index is 2.58. The van der Waals surface area contributed by atoms with Crippen LogP contribution in [-0.4, -0.2) is 50.0 Å². The summed E-state index contributed by atoms with van der Waals surface area (Å²) in [6.45, 7) is 5.61. The Morgan fingerprint density at radius 2 is 1.91 bits per heavy atom. The van der Waals surface area contributed by atoms with Crippen molar-refractivity contribution in [2.45, 2.75) is 71.4 Å². The Hall–Kier alpha value is -0.780. The molecule has 0 heterocycles. The van der Waals surface area contributed by atoms with Crippen LogP contribution in [0.4, 0.5) is 4.79 Å². The van der Waals surface area contributed by atoms with Gasteiger partial charge in [-0.05, 0) is 32.1 Å². The lowest BCUT2D eigenvalue weighted by atomic mass is 9.82. The summed E-state index contributed by atoms with van der Waals surface area (Å²) in [6.07, 6.45) is 6.91. The number of urea groups is 1. The molecule has 1 aliphatic carbocycles. The highest BCUT2D eigenvalue weighted by atomic mass is 32.2. The first-order valence-electron chi connectivity index (χ1n) is 8.54. The molecule has 1 aliphatic rings. The molecule has 0 radical (unpaired) electrons. The van der Waals surface area contributed by atoms with Gasteiger partial charge in [0.15, 0.2) is 9.84 Å². The van der Waals surface area contributed by atoms with Gasteiger partial charge >= 0.3 is 6.03 Å². The molecule has 22 heavy (non-hydrogen) atoms. The fraction of sp³-hybridized carbons (Fsp3) is 0.938. The lowest BCUT2D eigenvalue weighted by Crippen LogP contribution is -2.51. The predicted octanol–water partition coefficient (Wildman–Crippen LogP) is 2.81. The van der Waals surface area contributed by atoms with E-state index in [-0.39, 0.29) is 29.6 Å². The quantitative estimate of drug-likeness (QED) is 0.779. The number of carbonyl (C=O) groups excluding carboxylic acids is 1. The van der Waals surface area contributed by atoms with Crippen molar-refractivity contribution >= 4 is 15.9 Å². The van der Waals surface area contributed by atoms with Crippen LogP contribution in [0, 0.1) is 5.92 Å². The van der Waals surface area contributed by atoms with Gasteiger partial charge in [-0.1, -0.05) is 33.1 Å². The van der Waals surface area contributed by atoms with Crippen LogP contribution in [0.5, 0.6) is 0 Å². The van der Waals surface area contributed by atoms with Crippen molar-refractivity contribution < 1.29 is 13.2 Å². The molecule has 6 heteroatoms. The SMILES string of the molecule is CCC[C@@H]1CCCC[C@@H]1NC(=O)N(C)[C@H](C)CS(=O)(=O)CC. The highest BCUT2D eigenvalue weighted by Gasteiger charge is 2.28. The largest absolute Gasteiger partial charge is 0.335 e. The van der Waals surface area contributed by atoms with Gasteiger partial charge in [0.05, 0.1) is 5.75 Å². The lowest BCUT2D eigenvalue weighted by Gasteiger charge is -2.34. The molecule has 0 unspecified atom stereocenters. The number of rotatable bonds is 7. The second kappa shape index (κ2) is 8.75. The van der Waals surface area contributed by atoms with Crippen molar-refractivity contribution in [2.24, 2.45) is 5.92 Å². The fourth-order valence-electron chi connectivity index (χ4n) is 3.17. The molecule has 0 aliphatic heterocycles. The van der Waals surface area contributed by atoms with Crippen LogP contribution >= 0.6 is 0 Å². The maximum Gasteiger partial charge on any atom is 0.317 e. The topological polar surface area (TPSA) is 66.5 Å². The van der Waals surface area contributed by atoms with Gasteiger partial charge in [0.2, 0.25) is 0 Å². The third kappa shape index (κ3) is 5.78. The highest BCUT2D eigenvalue weighted by Crippen LogP contribution is 2.28. The summed E-state index contributed by atoms with van der Waals surface area (Å²) < 4.78 is 23.4. The zero-order valence-corrected chi connectivity index (χ0v) is 15.3. The number of nitrogens with one attached hydrogen (secondary N) is 1. The van der Waals surface area contributed by atoms with E-state index >= 15 is 0 Å². The molecule has 0 aromatic carbocycles. The van der Waals surface area contributed by atoms with E-state index in [1.165, 1.54) is 17.7 Å². The third-order valence-electron chi connectivity index (χ3n) is 4.79. The van der Waals surface area contributed by atoms with E-state index in [0.717, 1.165) is 25.7 Å². The van der Waals surface area contributed by atoms with E-state index in [1.807, 2.05) is 0 Å². The lowest BCUT2D eigenvalue weighted by molar-refractivity contribution is 0.177. The van der Waals surface area contributed by atoms with Gasteiger partial charge in [0, 0.05) is 24.9 Å². The van der Waals surface area contributed by atoms with Gasteiger partial charge < -0.3 is 10.2 Å². The molecule has 1 N–H and O–H groups in total. The maximum absolute atomic E-state index is 12.4. The Bertz CT molecular complexity index is 448. The fourth-order valence-corrected chi connectivity index (χ4v) is 4.37. The summed E-state index contributed by atoms with van der Waals surface area (Å²) in [7, 11) is -1.39. The average Bonchev–Trinajstić information content (AvgIpc) is 2.48. The summed E-state index contributed by atoms with van der Waals surface area (Å²) in [6, 6.07) is -0.219. The van der Waals surface area contributed by atoms with Gasteiger partial charge in [-0.2, -0.15) is 0 Å². The Labute approximate surface area is 135 Å².